The van der Waals surface area contributed by atoms with E-state index in [1.54, 1.807) is 26.0 Å². The molecule has 0 saturated heterocycles. The molecule has 1 amide bonds. The van der Waals surface area contributed by atoms with Crippen molar-refractivity contribution in [3.63, 3.8) is 0 Å². The summed E-state index contributed by atoms with van der Waals surface area (Å²) in [6, 6.07) is 4.18. The summed E-state index contributed by atoms with van der Waals surface area (Å²) in [5.41, 5.74) is 3.25. The normalized spacial score (nSPS) is 12.0. The first-order valence-electron chi connectivity index (χ1n) is 6.85. The largest absolute Gasteiger partial charge is 0.479 e. The third-order valence-electron chi connectivity index (χ3n) is 3.65. The molecular formula is C16H18N2O4. The lowest BCUT2D eigenvalue weighted by Gasteiger charge is -2.16. The van der Waals surface area contributed by atoms with Crippen molar-refractivity contribution in [2.75, 3.05) is 0 Å². The number of hydrogen-bond donors (Lipinski definition) is 2. The second kappa shape index (κ2) is 6.01. The zero-order valence-electron chi connectivity index (χ0n) is 12.9. The van der Waals surface area contributed by atoms with Gasteiger partial charge in [0, 0.05) is 0 Å². The van der Waals surface area contributed by atoms with Crippen molar-refractivity contribution in [1.82, 2.24) is 10.5 Å². The van der Waals surface area contributed by atoms with E-state index in [4.69, 9.17) is 4.52 Å². The van der Waals surface area contributed by atoms with Gasteiger partial charge in [-0.1, -0.05) is 23.4 Å². The van der Waals surface area contributed by atoms with E-state index in [1.165, 1.54) is 0 Å². The first kappa shape index (κ1) is 15.8. The van der Waals surface area contributed by atoms with Gasteiger partial charge in [-0.05, 0) is 44.4 Å². The molecule has 0 aliphatic rings. The van der Waals surface area contributed by atoms with Crippen LogP contribution in [0.3, 0.4) is 0 Å². The van der Waals surface area contributed by atoms with Crippen LogP contribution in [-0.4, -0.2) is 22.1 Å². The molecule has 6 nitrogen and oxygen atoms in total. The molecule has 2 N–H and O–H groups in total. The van der Waals surface area contributed by atoms with Crippen LogP contribution in [0.15, 0.2) is 22.7 Å². The van der Waals surface area contributed by atoms with Crippen molar-refractivity contribution in [3.8, 4) is 0 Å². The Morgan fingerprint density at radius 3 is 2.36 bits per heavy atom. The lowest BCUT2D eigenvalue weighted by molar-refractivity contribution is -0.139. The maximum atomic E-state index is 12.3. The molecule has 22 heavy (non-hydrogen) atoms. The molecule has 1 atom stereocenters. The van der Waals surface area contributed by atoms with Gasteiger partial charge in [-0.25, -0.2) is 4.79 Å². The van der Waals surface area contributed by atoms with E-state index < -0.39 is 17.9 Å². The number of aliphatic carboxylic acids is 1. The number of benzene rings is 1. The van der Waals surface area contributed by atoms with Crippen LogP contribution >= 0.6 is 0 Å². The number of nitrogens with one attached hydrogen (secondary N) is 1. The topological polar surface area (TPSA) is 92.4 Å². The number of carboxylic acid groups (broad SMARTS) is 1. The van der Waals surface area contributed by atoms with Gasteiger partial charge in [0.25, 0.3) is 5.91 Å². The summed E-state index contributed by atoms with van der Waals surface area (Å²) in [6.45, 7) is 7.09. The number of carbonyl (C=O) groups excluding carboxylic acids is 1. The van der Waals surface area contributed by atoms with Crippen molar-refractivity contribution in [1.29, 1.82) is 0 Å². The molecule has 0 spiro atoms. The number of aromatic nitrogens is 1. The van der Waals surface area contributed by atoms with E-state index in [0.29, 0.717) is 17.0 Å². The molecular weight excluding hydrogens is 284 g/mol. The van der Waals surface area contributed by atoms with Gasteiger partial charge in [-0.15, -0.1) is 0 Å². The Morgan fingerprint density at radius 1 is 1.18 bits per heavy atom. The summed E-state index contributed by atoms with van der Waals surface area (Å²) in [5.74, 6) is -1.27. The molecule has 0 radical (unpaired) electrons. The number of rotatable bonds is 4. The van der Waals surface area contributed by atoms with Crippen molar-refractivity contribution in [2.24, 2.45) is 0 Å². The van der Waals surface area contributed by atoms with Gasteiger partial charge in [0.05, 0.1) is 5.69 Å². The van der Waals surface area contributed by atoms with Crippen LogP contribution in [0.5, 0.6) is 0 Å². The number of aryl methyl sites for hydroxylation is 4. The van der Waals surface area contributed by atoms with Crippen molar-refractivity contribution in [3.05, 3.63) is 51.9 Å². The number of carbonyl (C=O) groups is 2. The molecule has 0 bridgehead atoms. The van der Waals surface area contributed by atoms with Crippen molar-refractivity contribution < 1.29 is 19.2 Å². The van der Waals surface area contributed by atoms with E-state index >= 15 is 0 Å². The SMILES string of the molecule is Cc1ccc(C(NC(=O)c2c(C)noc2C)C(=O)O)cc1C. The molecule has 6 heteroatoms. The predicted octanol–water partition coefficient (Wildman–Crippen LogP) is 2.46. The maximum absolute atomic E-state index is 12.3. The first-order valence-corrected chi connectivity index (χ1v) is 6.85. The predicted molar refractivity (Wildman–Crippen MR) is 79.7 cm³/mol. The van der Waals surface area contributed by atoms with E-state index in [1.807, 2.05) is 19.9 Å². The molecule has 1 aromatic carbocycles. The summed E-state index contributed by atoms with van der Waals surface area (Å²) in [6.07, 6.45) is 0. The van der Waals surface area contributed by atoms with E-state index in [2.05, 4.69) is 10.5 Å². The Kier molecular flexibility index (Phi) is 4.30. The molecule has 0 fully saturated rings. The van der Waals surface area contributed by atoms with Gasteiger partial charge >= 0.3 is 5.97 Å². The summed E-state index contributed by atoms with van der Waals surface area (Å²) >= 11 is 0. The number of amides is 1. The number of hydrogen-bond acceptors (Lipinski definition) is 4. The highest BCUT2D eigenvalue weighted by molar-refractivity contribution is 5.98. The highest BCUT2D eigenvalue weighted by Crippen LogP contribution is 2.19. The Balaban J connectivity index is 2.32. The van der Waals surface area contributed by atoms with E-state index in [9.17, 15) is 14.7 Å². The Hall–Kier alpha value is -2.63. The van der Waals surface area contributed by atoms with Crippen LogP contribution < -0.4 is 5.32 Å². The molecule has 2 rings (SSSR count). The van der Waals surface area contributed by atoms with Crippen LogP contribution in [0.4, 0.5) is 0 Å². The number of nitrogens with zero attached hydrogens (tertiary/aromatic N) is 1. The fraction of sp³-hybridized carbons (Fsp3) is 0.312. The minimum absolute atomic E-state index is 0.273. The first-order chi connectivity index (χ1) is 10.3. The zero-order chi connectivity index (χ0) is 16.4. The Bertz CT molecular complexity index is 714. The average molecular weight is 302 g/mol. The van der Waals surface area contributed by atoms with Gasteiger partial charge in [0.15, 0.2) is 6.04 Å². The fourth-order valence-electron chi connectivity index (χ4n) is 2.24. The highest BCUT2D eigenvalue weighted by atomic mass is 16.5. The Morgan fingerprint density at radius 2 is 1.86 bits per heavy atom. The van der Waals surface area contributed by atoms with Gasteiger partial charge < -0.3 is 14.9 Å². The van der Waals surface area contributed by atoms with E-state index in [-0.39, 0.29) is 5.56 Å². The molecule has 116 valence electrons. The van der Waals surface area contributed by atoms with Crippen LogP contribution in [-0.2, 0) is 4.79 Å². The third-order valence-corrected chi connectivity index (χ3v) is 3.65. The van der Waals surface area contributed by atoms with Gasteiger partial charge in [0.1, 0.15) is 11.3 Å². The maximum Gasteiger partial charge on any atom is 0.330 e. The quantitative estimate of drug-likeness (QED) is 0.905. The van der Waals surface area contributed by atoms with Gasteiger partial charge in [0.2, 0.25) is 0 Å². The highest BCUT2D eigenvalue weighted by Gasteiger charge is 2.26. The molecule has 0 aliphatic heterocycles. The molecule has 2 aromatic rings. The van der Waals surface area contributed by atoms with Crippen LogP contribution in [0, 0.1) is 27.7 Å². The molecule has 1 unspecified atom stereocenters. The molecule has 1 aromatic heterocycles. The lowest BCUT2D eigenvalue weighted by Crippen LogP contribution is -2.34. The standard InChI is InChI=1S/C16H18N2O4/c1-8-5-6-12(7-9(8)2)14(16(20)21)17-15(19)13-10(3)18-22-11(13)4/h5-7,14H,1-4H3,(H,17,19)(H,20,21). The van der Waals surface area contributed by atoms with Crippen molar-refractivity contribution in [2.45, 2.75) is 33.7 Å². The second-order valence-corrected chi connectivity index (χ2v) is 5.29. The van der Waals surface area contributed by atoms with Crippen LogP contribution in [0.1, 0.15) is 44.5 Å². The fourth-order valence-corrected chi connectivity index (χ4v) is 2.24. The smallest absolute Gasteiger partial charge is 0.330 e. The lowest BCUT2D eigenvalue weighted by atomic mass is 10.0. The monoisotopic (exact) mass is 302 g/mol. The van der Waals surface area contributed by atoms with Crippen molar-refractivity contribution >= 4 is 11.9 Å². The van der Waals surface area contributed by atoms with Gasteiger partial charge in [-0.3, -0.25) is 4.79 Å². The average Bonchev–Trinajstić information content (AvgIpc) is 2.78. The molecule has 1 heterocycles. The van der Waals surface area contributed by atoms with Crippen LogP contribution in [0.25, 0.3) is 0 Å². The summed E-state index contributed by atoms with van der Waals surface area (Å²) in [5, 5.41) is 15.6. The minimum Gasteiger partial charge on any atom is -0.479 e. The third kappa shape index (κ3) is 3.00. The van der Waals surface area contributed by atoms with Gasteiger partial charge in [-0.2, -0.15) is 0 Å². The Labute approximate surface area is 128 Å². The van der Waals surface area contributed by atoms with E-state index in [0.717, 1.165) is 11.1 Å². The minimum atomic E-state index is -1.12. The summed E-state index contributed by atoms with van der Waals surface area (Å²) in [4.78, 5) is 23.8. The summed E-state index contributed by atoms with van der Waals surface area (Å²) in [7, 11) is 0. The molecule has 0 aliphatic carbocycles. The van der Waals surface area contributed by atoms with Crippen LogP contribution in [0.2, 0.25) is 0 Å². The second-order valence-electron chi connectivity index (χ2n) is 5.29. The molecule has 0 saturated carbocycles. The number of carboxylic acids is 1. The zero-order valence-corrected chi connectivity index (χ0v) is 12.9. The summed E-state index contributed by atoms with van der Waals surface area (Å²) < 4.78 is 4.94.